The van der Waals surface area contributed by atoms with Crippen LogP contribution in [0.25, 0.3) is 6.08 Å². The quantitative estimate of drug-likeness (QED) is 0.661. The zero-order valence-electron chi connectivity index (χ0n) is 13.9. The van der Waals surface area contributed by atoms with Crippen LogP contribution < -0.4 is 4.74 Å². The minimum absolute atomic E-state index is 0.0159. The van der Waals surface area contributed by atoms with E-state index in [1.165, 1.54) is 23.8 Å². The molecule has 1 N–H and O–H groups in total. The lowest BCUT2D eigenvalue weighted by Crippen LogP contribution is -2.23. The van der Waals surface area contributed by atoms with Gasteiger partial charge in [0.25, 0.3) is 5.91 Å². The lowest BCUT2D eigenvalue weighted by Gasteiger charge is -2.07. The maximum absolute atomic E-state index is 12.5. The van der Waals surface area contributed by atoms with Crippen molar-refractivity contribution in [1.29, 1.82) is 0 Å². The fourth-order valence-corrected chi connectivity index (χ4v) is 3.83. The van der Waals surface area contributed by atoms with Gasteiger partial charge in [-0.15, -0.1) is 0 Å². The predicted octanol–water partition coefficient (Wildman–Crippen LogP) is 5.05. The number of hydrogen-bond acceptors (Lipinski definition) is 5. The third-order valence-corrected chi connectivity index (χ3v) is 5.54. The first-order valence-corrected chi connectivity index (χ1v) is 9.46. The number of phenolic OH excluding ortho intramolecular Hbond substituents is 1. The molecule has 0 unspecified atom stereocenters. The number of amidine groups is 1. The summed E-state index contributed by atoms with van der Waals surface area (Å²) in [6.07, 6.45) is 1.74. The summed E-state index contributed by atoms with van der Waals surface area (Å²) in [5, 5.41) is 11.1. The summed E-state index contributed by atoms with van der Waals surface area (Å²) in [7, 11) is 3.15. The zero-order chi connectivity index (χ0) is 18.8. The van der Waals surface area contributed by atoms with E-state index in [2.05, 4.69) is 20.9 Å². The fraction of sp³-hybridized carbons (Fsp3) is 0.111. The topological polar surface area (TPSA) is 62.1 Å². The van der Waals surface area contributed by atoms with Crippen LogP contribution in [0.3, 0.4) is 0 Å². The molecule has 0 radical (unpaired) electrons. The Morgan fingerprint density at radius 1 is 1.31 bits per heavy atom. The summed E-state index contributed by atoms with van der Waals surface area (Å²) in [6.45, 7) is 0. The van der Waals surface area contributed by atoms with Gasteiger partial charge >= 0.3 is 0 Å². The highest BCUT2D eigenvalue weighted by Gasteiger charge is 2.30. The first-order chi connectivity index (χ1) is 12.4. The van der Waals surface area contributed by atoms with Gasteiger partial charge in [-0.1, -0.05) is 11.6 Å². The highest BCUT2D eigenvalue weighted by molar-refractivity contribution is 9.10. The summed E-state index contributed by atoms with van der Waals surface area (Å²) in [4.78, 5) is 19.0. The van der Waals surface area contributed by atoms with Crippen LogP contribution in [0.15, 0.2) is 50.8 Å². The number of ether oxygens (including phenoxy) is 1. The van der Waals surface area contributed by atoms with E-state index in [0.717, 1.165) is 5.56 Å². The van der Waals surface area contributed by atoms with Crippen LogP contribution in [0.5, 0.6) is 11.5 Å². The molecule has 1 aliphatic heterocycles. The van der Waals surface area contributed by atoms with Gasteiger partial charge in [0.1, 0.15) is 0 Å². The Morgan fingerprint density at radius 3 is 2.65 bits per heavy atom. The number of methoxy groups -OCH3 is 1. The van der Waals surface area contributed by atoms with Crippen molar-refractivity contribution in [3.8, 4) is 11.5 Å². The molecule has 8 heteroatoms. The molecule has 1 amide bonds. The molecule has 0 spiro atoms. The number of thioether (sulfide) groups is 1. The van der Waals surface area contributed by atoms with E-state index in [1.54, 1.807) is 49.5 Å². The molecule has 1 heterocycles. The average molecular weight is 454 g/mol. The number of carbonyl (C=O) groups is 1. The molecular formula is C18H14BrClN2O3S. The molecule has 1 aliphatic rings. The highest BCUT2D eigenvalue weighted by Crippen LogP contribution is 2.38. The van der Waals surface area contributed by atoms with Crippen LogP contribution in [-0.4, -0.2) is 35.2 Å². The van der Waals surface area contributed by atoms with Gasteiger partial charge in [0.15, 0.2) is 16.7 Å². The minimum Gasteiger partial charge on any atom is -0.503 e. The van der Waals surface area contributed by atoms with Gasteiger partial charge in [-0.25, -0.2) is 4.99 Å². The van der Waals surface area contributed by atoms with Crippen molar-refractivity contribution < 1.29 is 14.6 Å². The van der Waals surface area contributed by atoms with Crippen molar-refractivity contribution in [3.63, 3.8) is 0 Å². The molecule has 2 aromatic rings. The summed E-state index contributed by atoms with van der Waals surface area (Å²) < 4.78 is 5.63. The largest absolute Gasteiger partial charge is 0.503 e. The predicted molar refractivity (Wildman–Crippen MR) is 109 cm³/mol. The Labute approximate surface area is 168 Å². The number of aliphatic imine (C=N–C) groups is 1. The maximum Gasteiger partial charge on any atom is 0.266 e. The van der Waals surface area contributed by atoms with Crippen LogP contribution >= 0.6 is 39.3 Å². The van der Waals surface area contributed by atoms with Gasteiger partial charge in [0.05, 0.1) is 22.2 Å². The van der Waals surface area contributed by atoms with Crippen LogP contribution in [0, 0.1) is 0 Å². The normalized spacial score (nSPS) is 17.4. The van der Waals surface area contributed by atoms with Gasteiger partial charge in [0, 0.05) is 12.1 Å². The maximum atomic E-state index is 12.5. The zero-order valence-corrected chi connectivity index (χ0v) is 17.0. The molecule has 0 aromatic heterocycles. The van der Waals surface area contributed by atoms with E-state index in [-0.39, 0.29) is 11.7 Å². The molecule has 5 nitrogen and oxygen atoms in total. The van der Waals surface area contributed by atoms with Crippen molar-refractivity contribution in [2.24, 2.45) is 4.99 Å². The smallest absolute Gasteiger partial charge is 0.266 e. The van der Waals surface area contributed by atoms with Gasteiger partial charge in [-0.3, -0.25) is 9.69 Å². The molecule has 134 valence electrons. The van der Waals surface area contributed by atoms with E-state index in [4.69, 9.17) is 16.3 Å². The van der Waals surface area contributed by atoms with Crippen molar-refractivity contribution in [1.82, 2.24) is 4.90 Å². The Balaban J connectivity index is 1.92. The molecule has 0 atom stereocenters. The molecule has 1 fully saturated rings. The second kappa shape index (κ2) is 7.73. The van der Waals surface area contributed by atoms with E-state index in [9.17, 15) is 9.90 Å². The van der Waals surface area contributed by atoms with Crippen LogP contribution in [0.1, 0.15) is 5.56 Å². The van der Waals surface area contributed by atoms with Crippen molar-refractivity contribution >= 4 is 62.1 Å². The van der Waals surface area contributed by atoms with E-state index in [0.29, 0.717) is 31.0 Å². The van der Waals surface area contributed by atoms with Gasteiger partial charge in [0.2, 0.25) is 0 Å². The van der Waals surface area contributed by atoms with E-state index in [1.807, 2.05) is 0 Å². The Kier molecular flexibility index (Phi) is 5.60. The van der Waals surface area contributed by atoms with Crippen molar-refractivity contribution in [3.05, 3.63) is 56.4 Å². The number of phenols is 1. The molecule has 0 saturated carbocycles. The first kappa shape index (κ1) is 18.8. The molecule has 2 aromatic carbocycles. The number of likely N-dealkylation sites (N-methyl/N-ethyl adjacent to an activating group) is 1. The first-order valence-electron chi connectivity index (χ1n) is 7.47. The standard InChI is InChI=1S/C18H14BrClN2O3S/c1-22-17(24)15(9-10-7-13(19)16(23)14(8-10)25-2)26-18(22)21-12-5-3-11(20)4-6-12/h3-9,23H,1-2H3/b15-9-,21-18?. The number of halogens is 2. The summed E-state index contributed by atoms with van der Waals surface area (Å²) in [6, 6.07) is 10.5. The Bertz CT molecular complexity index is 929. The number of rotatable bonds is 3. The lowest BCUT2D eigenvalue weighted by molar-refractivity contribution is -0.121. The van der Waals surface area contributed by atoms with E-state index < -0.39 is 0 Å². The number of hydrogen-bond donors (Lipinski definition) is 1. The molecule has 26 heavy (non-hydrogen) atoms. The number of nitrogens with zero attached hydrogens (tertiary/aromatic N) is 2. The van der Waals surface area contributed by atoms with Crippen molar-refractivity contribution in [2.45, 2.75) is 0 Å². The van der Waals surface area contributed by atoms with E-state index >= 15 is 0 Å². The monoisotopic (exact) mass is 452 g/mol. The van der Waals surface area contributed by atoms with Gasteiger partial charge in [-0.05, 0) is 75.7 Å². The second-order valence-electron chi connectivity index (χ2n) is 5.40. The molecular weight excluding hydrogens is 440 g/mol. The van der Waals surface area contributed by atoms with Crippen LogP contribution in [0.4, 0.5) is 5.69 Å². The second-order valence-corrected chi connectivity index (χ2v) is 7.70. The average Bonchev–Trinajstić information content (AvgIpc) is 2.88. The lowest BCUT2D eigenvalue weighted by atomic mass is 10.2. The van der Waals surface area contributed by atoms with Crippen molar-refractivity contribution in [2.75, 3.05) is 14.2 Å². The number of carbonyl (C=O) groups excluding carboxylic acids is 1. The Hall–Kier alpha value is -1.96. The van der Waals surface area contributed by atoms with Gasteiger partial charge in [-0.2, -0.15) is 0 Å². The minimum atomic E-state index is -0.147. The van der Waals surface area contributed by atoms with Crippen LogP contribution in [0.2, 0.25) is 5.02 Å². The number of benzene rings is 2. The summed E-state index contributed by atoms with van der Waals surface area (Å²) in [5.74, 6) is 0.193. The Morgan fingerprint density at radius 2 is 2.00 bits per heavy atom. The SMILES string of the molecule is COc1cc(/C=C2\SC(=Nc3ccc(Cl)cc3)N(C)C2=O)cc(Br)c1O. The van der Waals surface area contributed by atoms with Crippen LogP contribution in [-0.2, 0) is 4.79 Å². The number of amides is 1. The number of aromatic hydroxyl groups is 1. The molecule has 3 rings (SSSR count). The molecule has 0 bridgehead atoms. The summed E-state index contributed by atoms with van der Waals surface area (Å²) in [5.41, 5.74) is 1.44. The van der Waals surface area contributed by atoms with Gasteiger partial charge < -0.3 is 9.84 Å². The fourth-order valence-electron chi connectivity index (χ4n) is 2.26. The third-order valence-electron chi connectivity index (χ3n) is 3.62. The summed E-state index contributed by atoms with van der Waals surface area (Å²) >= 11 is 10.4. The highest BCUT2D eigenvalue weighted by atomic mass is 79.9. The third kappa shape index (κ3) is 3.90. The molecule has 0 aliphatic carbocycles. The molecule has 1 saturated heterocycles.